The highest BCUT2D eigenvalue weighted by atomic mass is 16.4. The molecule has 0 aromatic carbocycles. The summed E-state index contributed by atoms with van der Waals surface area (Å²) in [4.78, 5) is 8.30. The van der Waals surface area contributed by atoms with Gasteiger partial charge in [0.1, 0.15) is 5.76 Å². The van der Waals surface area contributed by atoms with Crippen LogP contribution in [0, 0.1) is 6.92 Å². The van der Waals surface area contributed by atoms with E-state index in [-0.39, 0.29) is 0 Å². The van der Waals surface area contributed by atoms with Crippen LogP contribution in [0.25, 0.3) is 0 Å². The smallest absolute Gasteiger partial charge is 0.208 e. The van der Waals surface area contributed by atoms with Gasteiger partial charge in [-0.15, -0.1) is 0 Å². The zero-order chi connectivity index (χ0) is 10.5. The average molecular weight is 203 g/mol. The SMILES string of the molecule is Cc1cnc(CNCc2ccccn2)o1. The largest absolute Gasteiger partial charge is 0.445 e. The van der Waals surface area contributed by atoms with Gasteiger partial charge in [-0.25, -0.2) is 4.98 Å². The summed E-state index contributed by atoms with van der Waals surface area (Å²) in [6.07, 6.45) is 3.50. The molecular formula is C11H13N3O. The third-order valence-corrected chi connectivity index (χ3v) is 1.98. The molecule has 0 aliphatic rings. The van der Waals surface area contributed by atoms with Gasteiger partial charge < -0.3 is 9.73 Å². The molecule has 0 aliphatic carbocycles. The van der Waals surface area contributed by atoms with E-state index in [1.54, 1.807) is 12.4 Å². The first-order chi connectivity index (χ1) is 7.34. The van der Waals surface area contributed by atoms with Crippen LogP contribution in [0.2, 0.25) is 0 Å². The number of aryl methyl sites for hydroxylation is 1. The van der Waals surface area contributed by atoms with Crippen LogP contribution in [0.4, 0.5) is 0 Å². The van der Waals surface area contributed by atoms with Crippen LogP contribution >= 0.6 is 0 Å². The van der Waals surface area contributed by atoms with Gasteiger partial charge >= 0.3 is 0 Å². The van der Waals surface area contributed by atoms with Gasteiger partial charge in [-0.05, 0) is 19.1 Å². The molecule has 15 heavy (non-hydrogen) atoms. The van der Waals surface area contributed by atoms with Gasteiger partial charge in [-0.2, -0.15) is 0 Å². The Morgan fingerprint density at radius 3 is 2.87 bits per heavy atom. The fourth-order valence-electron chi connectivity index (χ4n) is 1.28. The lowest BCUT2D eigenvalue weighted by molar-refractivity contribution is 0.448. The van der Waals surface area contributed by atoms with Crippen LogP contribution in [-0.4, -0.2) is 9.97 Å². The molecule has 4 heteroatoms. The predicted molar refractivity (Wildman–Crippen MR) is 56.0 cm³/mol. The molecule has 0 radical (unpaired) electrons. The Hall–Kier alpha value is -1.68. The second-order valence-corrected chi connectivity index (χ2v) is 3.29. The highest BCUT2D eigenvalue weighted by Gasteiger charge is 1.99. The molecule has 0 amide bonds. The number of pyridine rings is 1. The molecule has 0 fully saturated rings. The minimum absolute atomic E-state index is 0.629. The monoisotopic (exact) mass is 203 g/mol. The van der Waals surface area contributed by atoms with Gasteiger partial charge in [0.25, 0.3) is 0 Å². The van der Waals surface area contributed by atoms with Crippen molar-refractivity contribution >= 4 is 0 Å². The first-order valence-electron chi connectivity index (χ1n) is 4.86. The molecule has 0 saturated carbocycles. The zero-order valence-electron chi connectivity index (χ0n) is 8.60. The van der Waals surface area contributed by atoms with Gasteiger partial charge in [-0.3, -0.25) is 4.98 Å². The number of nitrogens with zero attached hydrogens (tertiary/aromatic N) is 2. The highest BCUT2D eigenvalue weighted by Crippen LogP contribution is 2.01. The van der Waals surface area contributed by atoms with Crippen molar-refractivity contribution in [2.45, 2.75) is 20.0 Å². The molecular weight excluding hydrogens is 190 g/mol. The Morgan fingerprint density at radius 2 is 2.20 bits per heavy atom. The summed E-state index contributed by atoms with van der Waals surface area (Å²) in [5, 5.41) is 3.21. The van der Waals surface area contributed by atoms with Crippen LogP contribution in [-0.2, 0) is 13.1 Å². The zero-order valence-corrected chi connectivity index (χ0v) is 8.60. The van der Waals surface area contributed by atoms with Crippen molar-refractivity contribution in [1.82, 2.24) is 15.3 Å². The van der Waals surface area contributed by atoms with E-state index in [9.17, 15) is 0 Å². The first-order valence-corrected chi connectivity index (χ1v) is 4.86. The van der Waals surface area contributed by atoms with Crippen molar-refractivity contribution in [3.05, 3.63) is 47.9 Å². The van der Waals surface area contributed by atoms with Crippen LogP contribution in [0.1, 0.15) is 17.3 Å². The highest BCUT2D eigenvalue weighted by molar-refractivity contribution is 5.03. The van der Waals surface area contributed by atoms with E-state index >= 15 is 0 Å². The Morgan fingerprint density at radius 1 is 1.27 bits per heavy atom. The Balaban J connectivity index is 1.80. The predicted octanol–water partition coefficient (Wildman–Crippen LogP) is 1.67. The Kier molecular flexibility index (Phi) is 3.09. The van der Waals surface area contributed by atoms with Crippen LogP contribution in [0.15, 0.2) is 35.0 Å². The molecule has 78 valence electrons. The summed E-state index contributed by atoms with van der Waals surface area (Å²) in [5.41, 5.74) is 1.01. The van der Waals surface area contributed by atoms with E-state index < -0.39 is 0 Å². The van der Waals surface area contributed by atoms with Crippen molar-refractivity contribution in [3.8, 4) is 0 Å². The maximum absolute atomic E-state index is 5.33. The fraction of sp³-hybridized carbons (Fsp3) is 0.273. The summed E-state index contributed by atoms with van der Waals surface area (Å²) in [6.45, 7) is 3.24. The molecule has 4 nitrogen and oxygen atoms in total. The summed E-state index contributed by atoms with van der Waals surface area (Å²) in [5.74, 6) is 1.55. The Bertz CT molecular complexity index is 411. The molecule has 0 spiro atoms. The van der Waals surface area contributed by atoms with E-state index in [0.29, 0.717) is 12.4 Å². The van der Waals surface area contributed by atoms with Crippen LogP contribution < -0.4 is 5.32 Å². The molecule has 0 saturated heterocycles. The standard InChI is InChI=1S/C11H13N3O/c1-9-6-14-11(15-9)8-12-7-10-4-2-3-5-13-10/h2-6,12H,7-8H2,1H3. The molecule has 1 N–H and O–H groups in total. The number of oxazole rings is 1. The third kappa shape index (κ3) is 2.89. The molecule has 2 aromatic heterocycles. The molecule has 0 bridgehead atoms. The lowest BCUT2D eigenvalue weighted by Gasteiger charge is -2.00. The molecule has 0 atom stereocenters. The molecule has 2 rings (SSSR count). The van der Waals surface area contributed by atoms with E-state index in [1.165, 1.54) is 0 Å². The van der Waals surface area contributed by atoms with Crippen molar-refractivity contribution in [2.24, 2.45) is 0 Å². The fourth-order valence-corrected chi connectivity index (χ4v) is 1.28. The number of hydrogen-bond donors (Lipinski definition) is 1. The maximum atomic E-state index is 5.33. The quantitative estimate of drug-likeness (QED) is 0.821. The lowest BCUT2D eigenvalue weighted by Crippen LogP contribution is -2.13. The Labute approximate surface area is 88.4 Å². The first kappa shape index (κ1) is 9.86. The number of rotatable bonds is 4. The van der Waals surface area contributed by atoms with Gasteiger partial charge in [0.15, 0.2) is 0 Å². The lowest BCUT2D eigenvalue weighted by atomic mass is 10.3. The van der Waals surface area contributed by atoms with Crippen molar-refractivity contribution < 1.29 is 4.42 Å². The van der Waals surface area contributed by atoms with Crippen molar-refractivity contribution in [2.75, 3.05) is 0 Å². The summed E-state index contributed by atoms with van der Waals surface area (Å²) >= 11 is 0. The van der Waals surface area contributed by atoms with Crippen molar-refractivity contribution in [3.63, 3.8) is 0 Å². The second kappa shape index (κ2) is 4.70. The van der Waals surface area contributed by atoms with E-state index in [4.69, 9.17) is 4.42 Å². The second-order valence-electron chi connectivity index (χ2n) is 3.29. The van der Waals surface area contributed by atoms with Gasteiger partial charge in [0.2, 0.25) is 5.89 Å². The summed E-state index contributed by atoms with van der Waals surface area (Å²) < 4.78 is 5.33. The molecule has 0 unspecified atom stereocenters. The normalized spacial score (nSPS) is 10.5. The van der Waals surface area contributed by atoms with Gasteiger partial charge in [0.05, 0.1) is 18.4 Å². The van der Waals surface area contributed by atoms with E-state index in [0.717, 1.165) is 18.0 Å². The molecule has 0 aliphatic heterocycles. The van der Waals surface area contributed by atoms with Crippen LogP contribution in [0.5, 0.6) is 0 Å². The third-order valence-electron chi connectivity index (χ3n) is 1.98. The topological polar surface area (TPSA) is 51.0 Å². The van der Waals surface area contributed by atoms with Crippen molar-refractivity contribution in [1.29, 1.82) is 0 Å². The van der Waals surface area contributed by atoms with Crippen LogP contribution in [0.3, 0.4) is 0 Å². The minimum atomic E-state index is 0.629. The maximum Gasteiger partial charge on any atom is 0.208 e. The number of nitrogens with one attached hydrogen (secondary N) is 1. The summed E-state index contributed by atoms with van der Waals surface area (Å²) in [6, 6.07) is 5.86. The van der Waals surface area contributed by atoms with E-state index in [1.807, 2.05) is 25.1 Å². The molecule has 2 heterocycles. The van der Waals surface area contributed by atoms with E-state index in [2.05, 4.69) is 15.3 Å². The van der Waals surface area contributed by atoms with Gasteiger partial charge in [0, 0.05) is 12.7 Å². The molecule has 2 aromatic rings. The number of hydrogen-bond acceptors (Lipinski definition) is 4. The van der Waals surface area contributed by atoms with Gasteiger partial charge in [-0.1, -0.05) is 6.07 Å². The average Bonchev–Trinajstić information content (AvgIpc) is 2.66. The minimum Gasteiger partial charge on any atom is -0.445 e. The summed E-state index contributed by atoms with van der Waals surface area (Å²) in [7, 11) is 0. The number of aromatic nitrogens is 2.